The molecule has 2 N–H and O–H groups in total. The van der Waals surface area contributed by atoms with E-state index in [1.807, 2.05) is 26.8 Å². The van der Waals surface area contributed by atoms with Gasteiger partial charge in [0, 0.05) is 11.4 Å². The molecule has 0 bridgehead atoms. The van der Waals surface area contributed by atoms with Crippen molar-refractivity contribution in [3.63, 3.8) is 0 Å². The third kappa shape index (κ3) is 4.72. The summed E-state index contributed by atoms with van der Waals surface area (Å²) in [5, 5.41) is 16.7. The summed E-state index contributed by atoms with van der Waals surface area (Å²) in [6.07, 6.45) is 1.43. The van der Waals surface area contributed by atoms with Gasteiger partial charge in [-0.15, -0.1) is 6.58 Å². The normalized spacial score (nSPS) is 9.13. The predicted octanol–water partition coefficient (Wildman–Crippen LogP) is 1.66. The van der Waals surface area contributed by atoms with Crippen molar-refractivity contribution in [2.24, 2.45) is 0 Å². The summed E-state index contributed by atoms with van der Waals surface area (Å²) in [6, 6.07) is 1.98. The minimum absolute atomic E-state index is 0.0833. The molecule has 1 heterocycles. The van der Waals surface area contributed by atoms with Crippen molar-refractivity contribution in [1.82, 2.24) is 4.98 Å². The maximum atomic E-state index is 8.89. The fourth-order valence-electron chi connectivity index (χ4n) is 1.04. The molecule has 0 fully saturated rings. The van der Waals surface area contributed by atoms with E-state index in [0.29, 0.717) is 0 Å². The van der Waals surface area contributed by atoms with Crippen LogP contribution in [-0.4, -0.2) is 21.8 Å². The fraction of sp³-hybridized carbons (Fsp3) is 0.417. The predicted molar refractivity (Wildman–Crippen MR) is 61.7 cm³/mol. The van der Waals surface area contributed by atoms with E-state index >= 15 is 0 Å². The zero-order valence-corrected chi connectivity index (χ0v) is 9.62. The van der Waals surface area contributed by atoms with E-state index in [1.165, 1.54) is 6.08 Å². The van der Waals surface area contributed by atoms with E-state index in [0.717, 1.165) is 22.5 Å². The smallest absolute Gasteiger partial charge is 0.0699 e. The van der Waals surface area contributed by atoms with E-state index in [2.05, 4.69) is 11.6 Å². The van der Waals surface area contributed by atoms with Gasteiger partial charge in [0.25, 0.3) is 0 Å². The van der Waals surface area contributed by atoms with Crippen LogP contribution < -0.4 is 0 Å². The summed E-state index contributed by atoms with van der Waals surface area (Å²) in [7, 11) is 0. The van der Waals surface area contributed by atoms with Gasteiger partial charge in [0.15, 0.2) is 0 Å². The Bertz CT molecular complexity index is 322. The molecule has 0 amide bonds. The average Bonchev–Trinajstić information content (AvgIpc) is 2.24. The molecule has 0 saturated carbocycles. The molecule has 0 aromatic carbocycles. The minimum Gasteiger partial charge on any atom is -0.392 e. The van der Waals surface area contributed by atoms with Crippen LogP contribution in [0.3, 0.4) is 0 Å². The zero-order valence-electron chi connectivity index (χ0n) is 9.62. The maximum Gasteiger partial charge on any atom is 0.0699 e. The molecule has 0 unspecified atom stereocenters. The van der Waals surface area contributed by atoms with Gasteiger partial charge in [-0.2, -0.15) is 0 Å². The number of hydrogen-bond donors (Lipinski definition) is 2. The van der Waals surface area contributed by atoms with Crippen LogP contribution in [0.1, 0.15) is 22.5 Å². The van der Waals surface area contributed by atoms with E-state index < -0.39 is 0 Å². The number of hydrogen-bond acceptors (Lipinski definition) is 3. The molecule has 0 atom stereocenters. The molecule has 0 aliphatic rings. The van der Waals surface area contributed by atoms with Gasteiger partial charge in [0.2, 0.25) is 0 Å². The lowest BCUT2D eigenvalue weighted by Gasteiger charge is -2.05. The summed E-state index contributed by atoms with van der Waals surface area (Å²) < 4.78 is 0. The van der Waals surface area contributed by atoms with E-state index in [1.54, 1.807) is 0 Å². The van der Waals surface area contributed by atoms with Crippen LogP contribution in [0.15, 0.2) is 18.7 Å². The lowest BCUT2D eigenvalue weighted by molar-refractivity contribution is 0.280. The van der Waals surface area contributed by atoms with Crippen molar-refractivity contribution >= 4 is 0 Å². The molecule has 0 radical (unpaired) electrons. The quantitative estimate of drug-likeness (QED) is 0.728. The Morgan fingerprint density at radius 2 is 1.80 bits per heavy atom. The number of aryl methyl sites for hydroxylation is 3. The highest BCUT2D eigenvalue weighted by Crippen LogP contribution is 2.10. The van der Waals surface area contributed by atoms with Gasteiger partial charge < -0.3 is 10.2 Å². The second kappa shape index (κ2) is 7.15. The molecule has 84 valence electrons. The largest absolute Gasteiger partial charge is 0.392 e. The van der Waals surface area contributed by atoms with Gasteiger partial charge in [-0.1, -0.05) is 12.1 Å². The van der Waals surface area contributed by atoms with Crippen LogP contribution in [0, 0.1) is 20.8 Å². The number of nitrogens with zero attached hydrogens (tertiary/aromatic N) is 1. The van der Waals surface area contributed by atoms with Gasteiger partial charge in [-0.25, -0.2) is 0 Å². The molecular formula is C12H19NO2. The van der Waals surface area contributed by atoms with Crippen molar-refractivity contribution in [1.29, 1.82) is 0 Å². The number of aliphatic hydroxyl groups is 2. The van der Waals surface area contributed by atoms with E-state index in [4.69, 9.17) is 10.2 Å². The number of aliphatic hydroxyl groups excluding tert-OH is 2. The first-order valence-corrected chi connectivity index (χ1v) is 4.83. The molecule has 3 nitrogen and oxygen atoms in total. The number of aromatic nitrogens is 1. The van der Waals surface area contributed by atoms with Gasteiger partial charge in [0.1, 0.15) is 0 Å². The van der Waals surface area contributed by atoms with Crippen LogP contribution in [0.25, 0.3) is 0 Å². The Morgan fingerprint density at radius 3 is 2.20 bits per heavy atom. The number of pyridine rings is 1. The first kappa shape index (κ1) is 13.8. The second-order valence-corrected chi connectivity index (χ2v) is 3.26. The third-order valence-corrected chi connectivity index (χ3v) is 2.06. The van der Waals surface area contributed by atoms with Crippen LogP contribution in [0.5, 0.6) is 0 Å². The summed E-state index contributed by atoms with van der Waals surface area (Å²) >= 11 is 0. The Morgan fingerprint density at radius 1 is 1.27 bits per heavy atom. The summed E-state index contributed by atoms with van der Waals surface area (Å²) in [6.45, 7) is 9.29. The first-order chi connectivity index (χ1) is 7.06. The van der Waals surface area contributed by atoms with E-state index in [9.17, 15) is 0 Å². The first-order valence-electron chi connectivity index (χ1n) is 4.83. The van der Waals surface area contributed by atoms with Crippen molar-refractivity contribution in [3.05, 3.63) is 41.2 Å². The monoisotopic (exact) mass is 209 g/mol. The second-order valence-electron chi connectivity index (χ2n) is 3.26. The van der Waals surface area contributed by atoms with Crippen LogP contribution in [0.4, 0.5) is 0 Å². The maximum absolute atomic E-state index is 8.89. The highest BCUT2D eigenvalue weighted by atomic mass is 16.3. The molecular weight excluding hydrogens is 190 g/mol. The van der Waals surface area contributed by atoms with Crippen LogP contribution >= 0.6 is 0 Å². The standard InChI is InChI=1S/C9H13NO.C3H6O/c1-6-4-9(5-11)8(3)10-7(6)2;1-2-3-4/h4,11H,5H2,1-3H3;2,4H,1,3H2. The van der Waals surface area contributed by atoms with Gasteiger partial charge in [-0.05, 0) is 31.9 Å². The molecule has 15 heavy (non-hydrogen) atoms. The van der Waals surface area contributed by atoms with Crippen molar-refractivity contribution in [2.75, 3.05) is 6.61 Å². The molecule has 0 spiro atoms. The molecule has 1 aromatic heterocycles. The minimum atomic E-state index is 0.0833. The van der Waals surface area contributed by atoms with Crippen LogP contribution in [0.2, 0.25) is 0 Å². The number of rotatable bonds is 2. The Kier molecular flexibility index (Phi) is 6.58. The van der Waals surface area contributed by atoms with E-state index in [-0.39, 0.29) is 13.2 Å². The summed E-state index contributed by atoms with van der Waals surface area (Å²) in [5.74, 6) is 0. The van der Waals surface area contributed by atoms with Crippen molar-refractivity contribution < 1.29 is 10.2 Å². The molecule has 0 saturated heterocycles. The zero-order chi connectivity index (χ0) is 11.8. The highest BCUT2D eigenvalue weighted by Gasteiger charge is 2.00. The van der Waals surface area contributed by atoms with Gasteiger partial charge in [0.05, 0.1) is 13.2 Å². The van der Waals surface area contributed by atoms with Crippen molar-refractivity contribution in [2.45, 2.75) is 27.4 Å². The Labute approximate surface area is 91.1 Å². The Balaban J connectivity index is 0.000000423. The lowest BCUT2D eigenvalue weighted by atomic mass is 10.1. The molecule has 0 aliphatic carbocycles. The fourth-order valence-corrected chi connectivity index (χ4v) is 1.04. The summed E-state index contributed by atoms with van der Waals surface area (Å²) in [4.78, 5) is 4.28. The van der Waals surface area contributed by atoms with Gasteiger partial charge in [-0.3, -0.25) is 4.98 Å². The third-order valence-electron chi connectivity index (χ3n) is 2.06. The Hall–Kier alpha value is -1.19. The molecule has 0 aliphatic heterocycles. The van der Waals surface area contributed by atoms with Crippen LogP contribution in [-0.2, 0) is 6.61 Å². The highest BCUT2D eigenvalue weighted by molar-refractivity contribution is 5.27. The molecule has 1 rings (SSSR count). The summed E-state index contributed by atoms with van der Waals surface area (Å²) in [5.41, 5.74) is 4.03. The molecule has 3 heteroatoms. The topological polar surface area (TPSA) is 53.4 Å². The SMILES string of the molecule is C=CCO.Cc1cc(CO)c(C)nc1C. The lowest BCUT2D eigenvalue weighted by Crippen LogP contribution is -1.96. The average molecular weight is 209 g/mol. The van der Waals surface area contributed by atoms with Gasteiger partial charge >= 0.3 is 0 Å². The van der Waals surface area contributed by atoms with Crippen molar-refractivity contribution in [3.8, 4) is 0 Å². The molecule has 1 aromatic rings.